The molecule has 1 fully saturated rings. The zero-order valence-corrected chi connectivity index (χ0v) is 11.3. The fourth-order valence-electron chi connectivity index (χ4n) is 2.12. The van der Waals surface area contributed by atoms with E-state index in [-0.39, 0.29) is 18.5 Å². The van der Waals surface area contributed by atoms with E-state index in [0.717, 1.165) is 0 Å². The topological polar surface area (TPSA) is 104 Å². The summed E-state index contributed by atoms with van der Waals surface area (Å²) in [5.41, 5.74) is 5.22. The van der Waals surface area contributed by atoms with Crippen LogP contribution in [0.5, 0.6) is 0 Å². The first-order chi connectivity index (χ1) is 8.86. The molecular weight excluding hydrogens is 250 g/mol. The quantitative estimate of drug-likeness (QED) is 0.731. The molecule has 0 aromatic carbocycles. The number of aliphatic carboxylic acids is 1. The van der Waals surface area contributed by atoms with E-state index in [1.807, 2.05) is 0 Å². The summed E-state index contributed by atoms with van der Waals surface area (Å²) < 4.78 is 0. The van der Waals surface area contributed by atoms with E-state index in [0.29, 0.717) is 26.1 Å². The van der Waals surface area contributed by atoms with Gasteiger partial charge in [0.2, 0.25) is 5.91 Å². The van der Waals surface area contributed by atoms with Crippen molar-refractivity contribution in [3.8, 4) is 0 Å². The van der Waals surface area contributed by atoms with Crippen LogP contribution in [0.15, 0.2) is 0 Å². The van der Waals surface area contributed by atoms with Crippen molar-refractivity contribution in [3.63, 3.8) is 0 Å². The van der Waals surface area contributed by atoms with Gasteiger partial charge in [-0.05, 0) is 13.3 Å². The zero-order chi connectivity index (χ0) is 14.6. The lowest BCUT2D eigenvalue weighted by Crippen LogP contribution is -2.45. The number of carbonyl (C=O) groups excluding carboxylic acids is 2. The molecule has 2 atom stereocenters. The first kappa shape index (κ1) is 15.3. The molecule has 1 aliphatic heterocycles. The lowest BCUT2D eigenvalue weighted by molar-refractivity contribution is -0.141. The first-order valence-corrected chi connectivity index (χ1v) is 6.42. The molecule has 3 N–H and O–H groups in total. The summed E-state index contributed by atoms with van der Waals surface area (Å²) in [5.74, 6) is -2.22. The normalized spacial score (nSPS) is 20.1. The molecule has 0 bridgehead atoms. The van der Waals surface area contributed by atoms with Crippen LogP contribution in [0.3, 0.4) is 0 Å². The molecule has 0 aromatic rings. The van der Waals surface area contributed by atoms with Gasteiger partial charge >= 0.3 is 12.0 Å². The first-order valence-electron chi connectivity index (χ1n) is 6.42. The SMILES string of the molecule is CCN(CC(C)C(=O)O)C(=O)N1CCC(C(N)=O)C1. The van der Waals surface area contributed by atoms with Crippen LogP contribution >= 0.6 is 0 Å². The van der Waals surface area contributed by atoms with E-state index in [4.69, 9.17) is 10.8 Å². The van der Waals surface area contributed by atoms with Gasteiger partial charge in [-0.2, -0.15) is 0 Å². The maximum atomic E-state index is 12.2. The maximum Gasteiger partial charge on any atom is 0.320 e. The fourth-order valence-corrected chi connectivity index (χ4v) is 2.12. The van der Waals surface area contributed by atoms with Crippen LogP contribution in [0.2, 0.25) is 0 Å². The zero-order valence-electron chi connectivity index (χ0n) is 11.3. The van der Waals surface area contributed by atoms with Crippen LogP contribution in [0.4, 0.5) is 4.79 Å². The predicted molar refractivity (Wildman–Crippen MR) is 68.3 cm³/mol. The van der Waals surface area contributed by atoms with Gasteiger partial charge in [-0.1, -0.05) is 6.92 Å². The molecule has 0 saturated carbocycles. The van der Waals surface area contributed by atoms with E-state index < -0.39 is 17.8 Å². The number of primary amides is 1. The lowest BCUT2D eigenvalue weighted by Gasteiger charge is -2.28. The summed E-state index contributed by atoms with van der Waals surface area (Å²) in [5, 5.41) is 8.88. The molecule has 3 amide bonds. The van der Waals surface area contributed by atoms with Gasteiger partial charge in [0.05, 0.1) is 11.8 Å². The van der Waals surface area contributed by atoms with Crippen LogP contribution in [-0.2, 0) is 9.59 Å². The number of hydrogen-bond acceptors (Lipinski definition) is 3. The number of rotatable bonds is 5. The van der Waals surface area contributed by atoms with Gasteiger partial charge in [-0.15, -0.1) is 0 Å². The third-order valence-corrected chi connectivity index (χ3v) is 3.43. The molecule has 0 radical (unpaired) electrons. The summed E-state index contributed by atoms with van der Waals surface area (Å²) in [6, 6.07) is -0.223. The standard InChI is InChI=1S/C12H21N3O4/c1-3-14(6-8(2)11(17)18)12(19)15-5-4-9(7-15)10(13)16/h8-9H,3-7H2,1-2H3,(H2,13,16)(H,17,18). The Morgan fingerprint density at radius 3 is 2.53 bits per heavy atom. The Bertz CT molecular complexity index is 372. The fraction of sp³-hybridized carbons (Fsp3) is 0.750. The van der Waals surface area contributed by atoms with Gasteiger partial charge in [0, 0.05) is 26.2 Å². The van der Waals surface area contributed by atoms with E-state index in [9.17, 15) is 14.4 Å². The molecule has 0 spiro atoms. The second kappa shape index (κ2) is 6.40. The number of urea groups is 1. The van der Waals surface area contributed by atoms with Crippen LogP contribution < -0.4 is 5.73 Å². The third-order valence-electron chi connectivity index (χ3n) is 3.43. The minimum Gasteiger partial charge on any atom is -0.481 e. The van der Waals surface area contributed by atoms with Crippen molar-refractivity contribution in [2.75, 3.05) is 26.2 Å². The Morgan fingerprint density at radius 2 is 2.11 bits per heavy atom. The van der Waals surface area contributed by atoms with Crippen LogP contribution in [0, 0.1) is 11.8 Å². The molecule has 2 unspecified atom stereocenters. The molecule has 7 nitrogen and oxygen atoms in total. The summed E-state index contributed by atoms with van der Waals surface area (Å²) in [6.45, 7) is 4.79. The highest BCUT2D eigenvalue weighted by molar-refractivity contribution is 5.80. The summed E-state index contributed by atoms with van der Waals surface area (Å²) in [4.78, 5) is 37.2. The summed E-state index contributed by atoms with van der Waals surface area (Å²) >= 11 is 0. The summed E-state index contributed by atoms with van der Waals surface area (Å²) in [7, 11) is 0. The molecule has 0 aliphatic carbocycles. The average molecular weight is 271 g/mol. The minimum absolute atomic E-state index is 0.169. The van der Waals surface area contributed by atoms with Crippen molar-refractivity contribution in [1.29, 1.82) is 0 Å². The number of hydrogen-bond donors (Lipinski definition) is 2. The smallest absolute Gasteiger partial charge is 0.320 e. The molecule has 1 aliphatic rings. The second-order valence-corrected chi connectivity index (χ2v) is 4.89. The van der Waals surface area contributed by atoms with Crippen LogP contribution in [-0.4, -0.2) is 59.0 Å². The number of likely N-dealkylation sites (tertiary alicyclic amines) is 1. The number of carboxylic acid groups (broad SMARTS) is 1. The Labute approximate surface area is 112 Å². The number of carbonyl (C=O) groups is 3. The monoisotopic (exact) mass is 271 g/mol. The number of nitrogens with two attached hydrogens (primary N) is 1. The van der Waals surface area contributed by atoms with Crippen molar-refractivity contribution >= 4 is 17.9 Å². The highest BCUT2D eigenvalue weighted by Crippen LogP contribution is 2.17. The molecule has 1 saturated heterocycles. The highest BCUT2D eigenvalue weighted by Gasteiger charge is 2.32. The number of nitrogens with zero attached hydrogens (tertiary/aromatic N) is 2. The highest BCUT2D eigenvalue weighted by atomic mass is 16.4. The lowest BCUT2D eigenvalue weighted by atomic mass is 10.1. The third kappa shape index (κ3) is 3.84. The molecule has 7 heteroatoms. The van der Waals surface area contributed by atoms with Crippen molar-refractivity contribution in [3.05, 3.63) is 0 Å². The van der Waals surface area contributed by atoms with Gasteiger partial charge in [-0.25, -0.2) is 4.79 Å². The van der Waals surface area contributed by atoms with Crippen molar-refractivity contribution < 1.29 is 19.5 Å². The van der Waals surface area contributed by atoms with Gasteiger partial charge < -0.3 is 20.6 Å². The van der Waals surface area contributed by atoms with Crippen molar-refractivity contribution in [1.82, 2.24) is 9.80 Å². The minimum atomic E-state index is -0.928. The Hall–Kier alpha value is -1.79. The van der Waals surface area contributed by atoms with Gasteiger partial charge in [-0.3, -0.25) is 9.59 Å². The average Bonchev–Trinajstić information content (AvgIpc) is 2.84. The molecule has 19 heavy (non-hydrogen) atoms. The molecule has 1 heterocycles. The van der Waals surface area contributed by atoms with Gasteiger partial charge in [0.25, 0.3) is 0 Å². The van der Waals surface area contributed by atoms with E-state index >= 15 is 0 Å². The second-order valence-electron chi connectivity index (χ2n) is 4.89. The van der Waals surface area contributed by atoms with E-state index in [2.05, 4.69) is 0 Å². The largest absolute Gasteiger partial charge is 0.481 e. The van der Waals surface area contributed by atoms with Crippen molar-refractivity contribution in [2.24, 2.45) is 17.6 Å². The Balaban J connectivity index is 2.60. The van der Waals surface area contributed by atoms with Gasteiger partial charge in [0.1, 0.15) is 0 Å². The van der Waals surface area contributed by atoms with Crippen molar-refractivity contribution in [2.45, 2.75) is 20.3 Å². The Kier molecular flexibility index (Phi) is 5.14. The maximum absolute atomic E-state index is 12.2. The molecule has 1 rings (SSSR count). The van der Waals surface area contributed by atoms with Crippen LogP contribution in [0.1, 0.15) is 20.3 Å². The van der Waals surface area contributed by atoms with E-state index in [1.165, 1.54) is 4.90 Å². The summed E-state index contributed by atoms with van der Waals surface area (Å²) in [6.07, 6.45) is 0.576. The molecular formula is C12H21N3O4. The number of carboxylic acids is 1. The number of amides is 3. The molecule has 108 valence electrons. The van der Waals surface area contributed by atoms with Crippen LogP contribution in [0.25, 0.3) is 0 Å². The van der Waals surface area contributed by atoms with E-state index in [1.54, 1.807) is 18.7 Å². The van der Waals surface area contributed by atoms with Gasteiger partial charge in [0.15, 0.2) is 0 Å². The Morgan fingerprint density at radius 1 is 1.47 bits per heavy atom. The predicted octanol–water partition coefficient (Wildman–Crippen LogP) is -0.0438. The molecule has 0 aromatic heterocycles.